The molecule has 0 bridgehead atoms. The first-order valence-electron chi connectivity index (χ1n) is 9.05. The van der Waals surface area contributed by atoms with Crippen molar-refractivity contribution in [1.29, 1.82) is 0 Å². The first kappa shape index (κ1) is 15.9. The summed E-state index contributed by atoms with van der Waals surface area (Å²) >= 11 is 0. The molecule has 0 aliphatic carbocycles. The summed E-state index contributed by atoms with van der Waals surface area (Å²) in [6.07, 6.45) is 0. The smallest absolute Gasteiger partial charge is 0.344 e. The third-order valence-electron chi connectivity index (χ3n) is 5.49. The van der Waals surface area contributed by atoms with Gasteiger partial charge in [-0.25, -0.2) is 4.79 Å². The van der Waals surface area contributed by atoms with Gasteiger partial charge in [0.05, 0.1) is 17.5 Å². The third-order valence-corrected chi connectivity index (χ3v) is 5.49. The number of hydrogen-bond acceptors (Lipinski definition) is 4. The highest BCUT2D eigenvalue weighted by molar-refractivity contribution is 6.05. The Bertz CT molecular complexity index is 1260. The minimum absolute atomic E-state index is 0.310. The highest BCUT2D eigenvalue weighted by atomic mass is 16.5. The second kappa shape index (κ2) is 5.88. The number of fused-ring (bicyclic) bond motifs is 5. The van der Waals surface area contributed by atoms with Crippen molar-refractivity contribution in [3.63, 3.8) is 0 Å². The molecule has 27 heavy (non-hydrogen) atoms. The molecule has 1 aliphatic heterocycles. The van der Waals surface area contributed by atoms with Gasteiger partial charge in [-0.1, -0.05) is 30.3 Å². The largest absolute Gasteiger partial charge is 0.473 e. The van der Waals surface area contributed by atoms with Crippen LogP contribution >= 0.6 is 0 Å². The highest BCUT2D eigenvalue weighted by Crippen LogP contribution is 2.36. The molecule has 0 radical (unpaired) electrons. The molecular weight excluding hydrogens is 338 g/mol. The lowest BCUT2D eigenvalue weighted by molar-refractivity contribution is 0.289. The average Bonchev–Trinajstić information content (AvgIpc) is 2.70. The Morgan fingerprint density at radius 3 is 2.56 bits per heavy atom. The molecule has 0 amide bonds. The maximum absolute atomic E-state index is 12.5. The van der Waals surface area contributed by atoms with E-state index in [4.69, 9.17) is 9.15 Å². The van der Waals surface area contributed by atoms with Gasteiger partial charge in [-0.2, -0.15) is 0 Å². The van der Waals surface area contributed by atoms with Crippen molar-refractivity contribution in [1.82, 2.24) is 0 Å². The molecule has 0 fully saturated rings. The number of rotatable bonds is 1. The summed E-state index contributed by atoms with van der Waals surface area (Å²) in [6, 6.07) is 17.8. The van der Waals surface area contributed by atoms with Crippen LogP contribution in [0.25, 0.3) is 21.7 Å². The Hall–Kier alpha value is -3.27. The zero-order valence-electron chi connectivity index (χ0n) is 15.3. The predicted octanol–water partition coefficient (Wildman–Crippen LogP) is 4.92. The Morgan fingerprint density at radius 1 is 0.889 bits per heavy atom. The maximum Gasteiger partial charge on any atom is 0.344 e. The molecule has 0 saturated heterocycles. The molecule has 0 N–H and O–H groups in total. The van der Waals surface area contributed by atoms with Gasteiger partial charge in [-0.15, -0.1) is 0 Å². The Morgan fingerprint density at radius 2 is 1.70 bits per heavy atom. The van der Waals surface area contributed by atoms with E-state index in [1.807, 2.05) is 30.3 Å². The fourth-order valence-electron chi connectivity index (χ4n) is 3.88. The van der Waals surface area contributed by atoms with E-state index in [2.05, 4.69) is 36.9 Å². The third kappa shape index (κ3) is 2.40. The molecule has 2 heterocycles. The molecule has 0 atom stereocenters. The minimum Gasteiger partial charge on any atom is -0.473 e. The molecule has 1 aliphatic rings. The SMILES string of the molecule is Cc1cccc(N2COc3ccc4c(oc(=O)c5ccccc54)c3C2)c1C. The predicted molar refractivity (Wildman–Crippen MR) is 108 cm³/mol. The highest BCUT2D eigenvalue weighted by Gasteiger charge is 2.23. The standard InChI is InChI=1S/C23H19NO3/c1-14-6-5-9-20(15(14)2)24-12-19-21(26-13-24)11-10-17-16-7-3-4-8-18(16)23(25)27-22(17)19/h3-11H,12-13H2,1-2H3. The van der Waals surface area contributed by atoms with Gasteiger partial charge in [-0.05, 0) is 54.6 Å². The minimum atomic E-state index is -0.310. The zero-order chi connectivity index (χ0) is 18.5. The number of hydrogen-bond donors (Lipinski definition) is 0. The van der Waals surface area contributed by atoms with Crippen LogP contribution in [-0.2, 0) is 6.54 Å². The van der Waals surface area contributed by atoms with Gasteiger partial charge in [0.25, 0.3) is 0 Å². The lowest BCUT2D eigenvalue weighted by Gasteiger charge is -2.32. The van der Waals surface area contributed by atoms with E-state index in [1.54, 1.807) is 6.07 Å². The zero-order valence-corrected chi connectivity index (χ0v) is 15.3. The molecule has 134 valence electrons. The summed E-state index contributed by atoms with van der Waals surface area (Å²) < 4.78 is 11.8. The van der Waals surface area contributed by atoms with E-state index >= 15 is 0 Å². The first-order chi connectivity index (χ1) is 13.1. The summed E-state index contributed by atoms with van der Waals surface area (Å²) in [5.74, 6) is 0.780. The van der Waals surface area contributed by atoms with Crippen LogP contribution in [0.2, 0.25) is 0 Å². The Labute approximate surface area is 156 Å². The topological polar surface area (TPSA) is 42.7 Å². The maximum atomic E-state index is 12.5. The van der Waals surface area contributed by atoms with Crippen LogP contribution in [0.5, 0.6) is 5.75 Å². The number of nitrogens with zero attached hydrogens (tertiary/aromatic N) is 1. The summed E-state index contributed by atoms with van der Waals surface area (Å²) in [7, 11) is 0. The van der Waals surface area contributed by atoms with E-state index in [0.717, 1.165) is 27.8 Å². The fourth-order valence-corrected chi connectivity index (χ4v) is 3.88. The van der Waals surface area contributed by atoms with Gasteiger partial charge < -0.3 is 14.1 Å². The molecule has 1 aromatic heterocycles. The van der Waals surface area contributed by atoms with Crippen LogP contribution in [0.3, 0.4) is 0 Å². The van der Waals surface area contributed by atoms with Crippen molar-refractivity contribution in [3.05, 3.63) is 81.7 Å². The number of aryl methyl sites for hydroxylation is 1. The van der Waals surface area contributed by atoms with Crippen molar-refractivity contribution in [2.24, 2.45) is 0 Å². The van der Waals surface area contributed by atoms with Crippen molar-refractivity contribution in [2.45, 2.75) is 20.4 Å². The van der Waals surface area contributed by atoms with E-state index in [0.29, 0.717) is 24.2 Å². The lowest BCUT2D eigenvalue weighted by atomic mass is 10.0. The number of ether oxygens (including phenoxy) is 1. The second-order valence-corrected chi connectivity index (χ2v) is 7.04. The van der Waals surface area contributed by atoms with Gasteiger partial charge >= 0.3 is 5.63 Å². The van der Waals surface area contributed by atoms with Crippen LogP contribution in [-0.4, -0.2) is 6.73 Å². The van der Waals surface area contributed by atoms with Gasteiger partial charge in [0.1, 0.15) is 11.3 Å². The van der Waals surface area contributed by atoms with E-state index in [1.165, 1.54) is 11.1 Å². The van der Waals surface area contributed by atoms with Gasteiger partial charge in [0.2, 0.25) is 0 Å². The van der Waals surface area contributed by atoms with Gasteiger partial charge in [0, 0.05) is 11.1 Å². The van der Waals surface area contributed by atoms with Crippen LogP contribution in [0.1, 0.15) is 16.7 Å². The lowest BCUT2D eigenvalue weighted by Crippen LogP contribution is -2.32. The molecule has 4 heteroatoms. The molecule has 4 nitrogen and oxygen atoms in total. The fraction of sp³-hybridized carbons (Fsp3) is 0.174. The Balaban J connectivity index is 1.71. The van der Waals surface area contributed by atoms with E-state index in [9.17, 15) is 4.79 Å². The first-order valence-corrected chi connectivity index (χ1v) is 9.05. The molecule has 0 saturated carbocycles. The molecular formula is C23H19NO3. The monoisotopic (exact) mass is 357 g/mol. The summed E-state index contributed by atoms with van der Waals surface area (Å²) in [6.45, 7) is 5.34. The van der Waals surface area contributed by atoms with Gasteiger partial charge in [-0.3, -0.25) is 0 Å². The van der Waals surface area contributed by atoms with Crippen LogP contribution in [0, 0.1) is 13.8 Å². The van der Waals surface area contributed by atoms with Crippen molar-refractivity contribution in [2.75, 3.05) is 11.6 Å². The van der Waals surface area contributed by atoms with E-state index < -0.39 is 0 Å². The van der Waals surface area contributed by atoms with Gasteiger partial charge in [0.15, 0.2) is 6.73 Å². The Kier molecular flexibility index (Phi) is 3.47. The summed E-state index contributed by atoms with van der Waals surface area (Å²) in [5.41, 5.74) is 4.84. The number of benzene rings is 3. The molecule has 5 rings (SSSR count). The van der Waals surface area contributed by atoms with Crippen LogP contribution in [0.15, 0.2) is 63.8 Å². The van der Waals surface area contributed by atoms with Crippen molar-refractivity contribution >= 4 is 27.4 Å². The van der Waals surface area contributed by atoms with Crippen LogP contribution < -0.4 is 15.3 Å². The van der Waals surface area contributed by atoms with Crippen LogP contribution in [0.4, 0.5) is 5.69 Å². The summed E-state index contributed by atoms with van der Waals surface area (Å²) in [4.78, 5) is 14.7. The molecule has 4 aromatic rings. The second-order valence-electron chi connectivity index (χ2n) is 7.04. The number of anilines is 1. The molecule has 0 unspecified atom stereocenters. The quantitative estimate of drug-likeness (QED) is 0.358. The van der Waals surface area contributed by atoms with Crippen molar-refractivity contribution in [3.8, 4) is 5.75 Å². The average molecular weight is 357 g/mol. The normalized spacial score (nSPS) is 13.6. The van der Waals surface area contributed by atoms with Crippen molar-refractivity contribution < 1.29 is 9.15 Å². The van der Waals surface area contributed by atoms with E-state index in [-0.39, 0.29) is 5.63 Å². The summed E-state index contributed by atoms with van der Waals surface area (Å²) in [5, 5.41) is 2.46. The molecule has 0 spiro atoms. The molecule has 3 aromatic carbocycles.